The highest BCUT2D eigenvalue weighted by Crippen LogP contribution is 2.36. The summed E-state index contributed by atoms with van der Waals surface area (Å²) in [5.74, 6) is 2.73. The molecular weight excluding hydrogens is 386 g/mol. The van der Waals surface area contributed by atoms with Crippen LogP contribution in [0.5, 0.6) is 5.88 Å². The Kier molecular flexibility index (Phi) is 8.10. The molecule has 2 aromatic rings. The van der Waals surface area contributed by atoms with Crippen LogP contribution in [0, 0.1) is 0 Å². The van der Waals surface area contributed by atoms with Crippen molar-refractivity contribution < 1.29 is 4.74 Å². The van der Waals surface area contributed by atoms with E-state index in [9.17, 15) is 0 Å². The first kappa shape index (κ1) is 23.3. The Bertz CT molecular complexity index is 857. The molecule has 0 bridgehead atoms. The third kappa shape index (κ3) is 5.28. The fourth-order valence-electron chi connectivity index (χ4n) is 4.09. The van der Waals surface area contributed by atoms with Crippen LogP contribution < -0.4 is 15.0 Å². The average molecular weight is 426 g/mol. The fraction of sp³-hybridized carbons (Fsp3) is 0.640. The van der Waals surface area contributed by atoms with E-state index in [-0.39, 0.29) is 6.10 Å². The number of piperidine rings is 1. The van der Waals surface area contributed by atoms with Crippen molar-refractivity contribution in [1.29, 1.82) is 0 Å². The van der Waals surface area contributed by atoms with Crippen molar-refractivity contribution in [2.45, 2.75) is 85.2 Å². The van der Waals surface area contributed by atoms with Gasteiger partial charge in [0.25, 0.3) is 5.88 Å². The van der Waals surface area contributed by atoms with Crippen LogP contribution in [-0.2, 0) is 6.42 Å². The standard InChI is InChI=1S/C25H39N5O/c1-7-18(8-2)31-25-23(26-6)29-22(20(9-3)28-25)19-13-14-21(17(4)5)27-24(19)30-15-11-10-12-16-30/h13-14,17-18H,7-12,15-16H2,1-6H3,(H,26,29). The summed E-state index contributed by atoms with van der Waals surface area (Å²) in [4.78, 5) is 17.5. The van der Waals surface area contributed by atoms with Gasteiger partial charge in [-0.1, -0.05) is 34.6 Å². The molecule has 170 valence electrons. The van der Waals surface area contributed by atoms with Gasteiger partial charge in [-0.2, -0.15) is 0 Å². The Morgan fingerprint density at radius 2 is 1.71 bits per heavy atom. The molecule has 3 heterocycles. The van der Waals surface area contributed by atoms with Gasteiger partial charge in [-0.25, -0.2) is 15.0 Å². The van der Waals surface area contributed by atoms with Crippen LogP contribution >= 0.6 is 0 Å². The first-order chi connectivity index (χ1) is 15.0. The molecule has 1 aliphatic heterocycles. The third-order valence-corrected chi connectivity index (χ3v) is 6.10. The van der Waals surface area contributed by atoms with Crippen LogP contribution in [0.25, 0.3) is 11.3 Å². The summed E-state index contributed by atoms with van der Waals surface area (Å²) in [6, 6.07) is 4.33. The average Bonchev–Trinajstić information content (AvgIpc) is 2.82. The van der Waals surface area contributed by atoms with E-state index in [1.807, 2.05) is 7.05 Å². The van der Waals surface area contributed by atoms with Gasteiger partial charge in [-0.05, 0) is 56.6 Å². The van der Waals surface area contributed by atoms with Crippen LogP contribution in [-0.4, -0.2) is 41.2 Å². The molecule has 1 fully saturated rings. The minimum absolute atomic E-state index is 0.146. The minimum atomic E-state index is 0.146. The SMILES string of the molecule is CCc1nc(OC(CC)CC)c(NC)nc1-c1ccc(C(C)C)nc1N1CCCCC1. The van der Waals surface area contributed by atoms with Crippen LogP contribution in [0.4, 0.5) is 11.6 Å². The largest absolute Gasteiger partial charge is 0.472 e. The number of aromatic nitrogens is 3. The summed E-state index contributed by atoms with van der Waals surface area (Å²) >= 11 is 0. The van der Waals surface area contributed by atoms with E-state index in [0.29, 0.717) is 17.6 Å². The van der Waals surface area contributed by atoms with E-state index in [1.54, 1.807) is 0 Å². The summed E-state index contributed by atoms with van der Waals surface area (Å²) in [7, 11) is 1.88. The smallest absolute Gasteiger partial charge is 0.257 e. The van der Waals surface area contributed by atoms with Gasteiger partial charge in [0.15, 0.2) is 5.82 Å². The second-order valence-electron chi connectivity index (χ2n) is 8.64. The predicted molar refractivity (Wildman–Crippen MR) is 129 cm³/mol. The van der Waals surface area contributed by atoms with E-state index in [1.165, 1.54) is 19.3 Å². The Labute approximate surface area is 187 Å². The number of anilines is 2. The lowest BCUT2D eigenvalue weighted by Crippen LogP contribution is -2.31. The van der Waals surface area contributed by atoms with E-state index < -0.39 is 0 Å². The van der Waals surface area contributed by atoms with Gasteiger partial charge in [-0.3, -0.25) is 0 Å². The first-order valence-electron chi connectivity index (χ1n) is 12.0. The summed E-state index contributed by atoms with van der Waals surface area (Å²) in [6.07, 6.45) is 6.55. The van der Waals surface area contributed by atoms with Gasteiger partial charge in [0.1, 0.15) is 11.9 Å². The molecule has 31 heavy (non-hydrogen) atoms. The van der Waals surface area contributed by atoms with Crippen molar-refractivity contribution in [1.82, 2.24) is 15.0 Å². The topological polar surface area (TPSA) is 63.2 Å². The molecule has 2 aromatic heterocycles. The quantitative estimate of drug-likeness (QED) is 0.546. The Morgan fingerprint density at radius 1 is 1.00 bits per heavy atom. The molecule has 1 aliphatic rings. The highest BCUT2D eigenvalue weighted by molar-refractivity contribution is 5.76. The molecule has 0 saturated carbocycles. The van der Waals surface area contributed by atoms with Gasteiger partial charge < -0.3 is 15.0 Å². The minimum Gasteiger partial charge on any atom is -0.472 e. The highest BCUT2D eigenvalue weighted by Gasteiger charge is 2.23. The second-order valence-corrected chi connectivity index (χ2v) is 8.64. The van der Waals surface area contributed by atoms with Gasteiger partial charge in [0.2, 0.25) is 0 Å². The molecule has 1 saturated heterocycles. The zero-order chi connectivity index (χ0) is 22.4. The normalized spacial score (nSPS) is 14.4. The molecule has 3 rings (SSSR count). The van der Waals surface area contributed by atoms with Crippen molar-refractivity contribution in [3.63, 3.8) is 0 Å². The summed E-state index contributed by atoms with van der Waals surface area (Å²) in [5.41, 5.74) is 4.06. The van der Waals surface area contributed by atoms with Crippen LogP contribution in [0.1, 0.15) is 84.0 Å². The molecule has 0 radical (unpaired) electrons. The number of aryl methyl sites for hydroxylation is 1. The first-order valence-corrected chi connectivity index (χ1v) is 12.0. The van der Waals surface area contributed by atoms with Gasteiger partial charge in [0.05, 0.1) is 11.4 Å². The molecule has 1 N–H and O–H groups in total. The molecule has 6 nitrogen and oxygen atoms in total. The molecule has 0 aromatic carbocycles. The molecule has 6 heteroatoms. The predicted octanol–water partition coefficient (Wildman–Crippen LogP) is 5.82. The lowest BCUT2D eigenvalue weighted by Gasteiger charge is -2.30. The number of nitrogens with one attached hydrogen (secondary N) is 1. The molecule has 0 aliphatic carbocycles. The third-order valence-electron chi connectivity index (χ3n) is 6.10. The summed E-state index contributed by atoms with van der Waals surface area (Å²) in [5, 5.41) is 3.21. The summed E-state index contributed by atoms with van der Waals surface area (Å²) < 4.78 is 6.20. The maximum absolute atomic E-state index is 6.20. The summed E-state index contributed by atoms with van der Waals surface area (Å²) in [6.45, 7) is 12.9. The lowest BCUT2D eigenvalue weighted by molar-refractivity contribution is 0.185. The number of nitrogens with zero attached hydrogens (tertiary/aromatic N) is 4. The Balaban J connectivity index is 2.12. The second kappa shape index (κ2) is 10.8. The zero-order valence-corrected chi connectivity index (χ0v) is 20.2. The van der Waals surface area contributed by atoms with Crippen LogP contribution in [0.3, 0.4) is 0 Å². The van der Waals surface area contributed by atoms with Crippen molar-refractivity contribution in [3.05, 3.63) is 23.5 Å². The maximum Gasteiger partial charge on any atom is 0.257 e. The molecule has 0 unspecified atom stereocenters. The van der Waals surface area contributed by atoms with E-state index in [0.717, 1.165) is 60.8 Å². The van der Waals surface area contributed by atoms with E-state index in [4.69, 9.17) is 19.7 Å². The Hall–Kier alpha value is -2.37. The number of rotatable bonds is 9. The van der Waals surface area contributed by atoms with E-state index in [2.05, 4.69) is 57.0 Å². The number of hydrogen-bond donors (Lipinski definition) is 1. The van der Waals surface area contributed by atoms with Crippen molar-refractivity contribution in [2.75, 3.05) is 30.4 Å². The van der Waals surface area contributed by atoms with Crippen molar-refractivity contribution in [2.24, 2.45) is 0 Å². The zero-order valence-electron chi connectivity index (χ0n) is 20.2. The molecular formula is C25H39N5O. The van der Waals surface area contributed by atoms with Crippen molar-refractivity contribution in [3.8, 4) is 17.1 Å². The Morgan fingerprint density at radius 3 is 2.29 bits per heavy atom. The lowest BCUT2D eigenvalue weighted by atomic mass is 10.0. The maximum atomic E-state index is 6.20. The molecule has 0 atom stereocenters. The van der Waals surface area contributed by atoms with Gasteiger partial charge >= 0.3 is 0 Å². The van der Waals surface area contributed by atoms with Crippen LogP contribution in [0.2, 0.25) is 0 Å². The van der Waals surface area contributed by atoms with Crippen LogP contribution in [0.15, 0.2) is 12.1 Å². The number of hydrogen-bond acceptors (Lipinski definition) is 6. The monoisotopic (exact) mass is 425 g/mol. The fourth-order valence-corrected chi connectivity index (χ4v) is 4.09. The molecule has 0 amide bonds. The number of pyridine rings is 1. The van der Waals surface area contributed by atoms with Gasteiger partial charge in [-0.15, -0.1) is 0 Å². The van der Waals surface area contributed by atoms with E-state index >= 15 is 0 Å². The van der Waals surface area contributed by atoms with Crippen molar-refractivity contribution >= 4 is 11.6 Å². The van der Waals surface area contributed by atoms with Gasteiger partial charge in [0, 0.05) is 31.4 Å². The number of ether oxygens (including phenoxy) is 1. The highest BCUT2D eigenvalue weighted by atomic mass is 16.5. The molecule has 0 spiro atoms.